The molecule has 0 aromatic rings. The van der Waals surface area contributed by atoms with Gasteiger partial charge in [-0.25, -0.2) is 0 Å². The van der Waals surface area contributed by atoms with E-state index in [1.54, 1.807) is 12.7 Å². The van der Waals surface area contributed by atoms with E-state index in [0.717, 1.165) is 42.5 Å². The van der Waals surface area contributed by atoms with Gasteiger partial charge in [0.1, 0.15) is 7.11 Å². The van der Waals surface area contributed by atoms with Gasteiger partial charge in [0.15, 0.2) is 0 Å². The SMILES string of the molecule is C=C1C(=CC=C2CCC[C@]3(C)C([C@H](C)CCCC(=NOC)C(C)(C)C)=CC[C@@H]23)C[C@H](O)C[C@H]1O. The number of aliphatic hydroxyl groups is 2. The summed E-state index contributed by atoms with van der Waals surface area (Å²) in [5, 5.41) is 24.6. The van der Waals surface area contributed by atoms with Crippen molar-refractivity contribution in [3.63, 3.8) is 0 Å². The highest BCUT2D eigenvalue weighted by Gasteiger charge is 2.45. The van der Waals surface area contributed by atoms with E-state index in [0.29, 0.717) is 24.7 Å². The van der Waals surface area contributed by atoms with Gasteiger partial charge >= 0.3 is 0 Å². The fourth-order valence-corrected chi connectivity index (χ4v) is 6.48. The van der Waals surface area contributed by atoms with Gasteiger partial charge in [0.05, 0.1) is 17.9 Å². The number of rotatable bonds is 7. The average Bonchev–Trinajstić information content (AvgIpc) is 3.11. The van der Waals surface area contributed by atoms with E-state index in [-0.39, 0.29) is 10.8 Å². The molecule has 190 valence electrons. The maximum Gasteiger partial charge on any atom is 0.106 e. The highest BCUT2D eigenvalue weighted by atomic mass is 16.6. The Labute approximate surface area is 207 Å². The van der Waals surface area contributed by atoms with E-state index in [1.807, 2.05) is 0 Å². The molecule has 34 heavy (non-hydrogen) atoms. The summed E-state index contributed by atoms with van der Waals surface area (Å²) in [6.45, 7) is 15.6. The molecule has 4 nitrogen and oxygen atoms in total. The molecule has 3 aliphatic rings. The Kier molecular flexibility index (Phi) is 8.68. The second kappa shape index (κ2) is 11.0. The predicted molar refractivity (Wildman–Crippen MR) is 142 cm³/mol. The molecule has 0 aromatic heterocycles. The number of fused-ring (bicyclic) bond motifs is 1. The Hall–Kier alpha value is -1.65. The van der Waals surface area contributed by atoms with E-state index in [1.165, 1.54) is 24.8 Å². The molecule has 0 aromatic carbocycles. The molecule has 2 saturated carbocycles. The van der Waals surface area contributed by atoms with Crippen LogP contribution >= 0.6 is 0 Å². The van der Waals surface area contributed by atoms with Gasteiger partial charge in [-0.3, -0.25) is 0 Å². The van der Waals surface area contributed by atoms with Gasteiger partial charge in [-0.15, -0.1) is 0 Å². The summed E-state index contributed by atoms with van der Waals surface area (Å²) in [7, 11) is 1.64. The van der Waals surface area contributed by atoms with Crippen molar-refractivity contribution in [2.24, 2.45) is 27.8 Å². The Morgan fingerprint density at radius 3 is 2.74 bits per heavy atom. The molecular formula is C30H47NO3. The van der Waals surface area contributed by atoms with Crippen LogP contribution in [0.5, 0.6) is 0 Å². The molecule has 0 unspecified atom stereocenters. The van der Waals surface area contributed by atoms with Crippen LogP contribution in [0.4, 0.5) is 0 Å². The summed E-state index contributed by atoms with van der Waals surface area (Å²) < 4.78 is 0. The maximum absolute atomic E-state index is 10.2. The molecule has 0 amide bonds. The van der Waals surface area contributed by atoms with E-state index in [9.17, 15) is 10.2 Å². The molecule has 0 aliphatic heterocycles. The first-order valence-electron chi connectivity index (χ1n) is 13.2. The molecule has 0 spiro atoms. The van der Waals surface area contributed by atoms with Crippen molar-refractivity contribution in [3.05, 3.63) is 47.1 Å². The van der Waals surface area contributed by atoms with Gasteiger partial charge in [0, 0.05) is 11.8 Å². The van der Waals surface area contributed by atoms with Gasteiger partial charge in [-0.1, -0.05) is 75.7 Å². The Bertz CT molecular complexity index is 872. The molecular weight excluding hydrogens is 422 g/mol. The van der Waals surface area contributed by atoms with E-state index in [4.69, 9.17) is 4.84 Å². The third-order valence-electron chi connectivity index (χ3n) is 8.52. The Balaban J connectivity index is 1.67. The van der Waals surface area contributed by atoms with Crippen LogP contribution in [-0.4, -0.2) is 35.2 Å². The third-order valence-corrected chi connectivity index (χ3v) is 8.52. The van der Waals surface area contributed by atoms with Gasteiger partial charge in [0.25, 0.3) is 0 Å². The van der Waals surface area contributed by atoms with Crippen molar-refractivity contribution >= 4 is 5.71 Å². The highest BCUT2D eigenvalue weighted by Crippen LogP contribution is 2.57. The molecule has 0 heterocycles. The number of aliphatic hydroxyl groups excluding tert-OH is 2. The topological polar surface area (TPSA) is 62.0 Å². The van der Waals surface area contributed by atoms with Crippen LogP contribution in [0.3, 0.4) is 0 Å². The van der Waals surface area contributed by atoms with Crippen molar-refractivity contribution in [2.75, 3.05) is 7.11 Å². The molecule has 0 bridgehead atoms. The number of oxime groups is 1. The minimum Gasteiger partial charge on any atom is -0.399 e. The second-order valence-electron chi connectivity index (χ2n) is 12.1. The largest absolute Gasteiger partial charge is 0.399 e. The van der Waals surface area contributed by atoms with Crippen LogP contribution in [0.1, 0.15) is 92.4 Å². The Morgan fingerprint density at radius 1 is 1.32 bits per heavy atom. The number of allylic oxidation sites excluding steroid dienone is 5. The molecule has 5 atom stereocenters. The normalized spacial score (nSPS) is 33.8. The highest BCUT2D eigenvalue weighted by molar-refractivity contribution is 5.88. The minimum atomic E-state index is -0.627. The van der Waals surface area contributed by atoms with Crippen molar-refractivity contribution in [1.29, 1.82) is 0 Å². The van der Waals surface area contributed by atoms with Crippen LogP contribution in [0.2, 0.25) is 0 Å². The zero-order valence-electron chi connectivity index (χ0n) is 22.4. The van der Waals surface area contributed by atoms with Gasteiger partial charge < -0.3 is 15.1 Å². The lowest BCUT2D eigenvalue weighted by Gasteiger charge is -2.42. The van der Waals surface area contributed by atoms with E-state index < -0.39 is 12.2 Å². The summed E-state index contributed by atoms with van der Waals surface area (Å²) in [5.74, 6) is 1.13. The molecule has 2 N–H and O–H groups in total. The Morgan fingerprint density at radius 2 is 2.06 bits per heavy atom. The van der Waals surface area contributed by atoms with Crippen LogP contribution in [0.25, 0.3) is 0 Å². The molecule has 2 fully saturated rings. The van der Waals surface area contributed by atoms with Crippen molar-refractivity contribution < 1.29 is 15.1 Å². The molecule has 0 saturated heterocycles. The smallest absolute Gasteiger partial charge is 0.106 e. The summed E-state index contributed by atoms with van der Waals surface area (Å²) in [4.78, 5) is 5.10. The molecule has 4 heteroatoms. The zero-order valence-corrected chi connectivity index (χ0v) is 22.4. The average molecular weight is 470 g/mol. The fraction of sp³-hybridized carbons (Fsp3) is 0.700. The lowest BCUT2D eigenvalue weighted by Crippen LogP contribution is -2.32. The van der Waals surface area contributed by atoms with Crippen LogP contribution in [0.15, 0.2) is 52.3 Å². The standard InChI is InChI=1S/C30H47NO3/c1-20(10-8-12-28(31-34-7)29(3,4)5)25-15-16-26-22(11-9-17-30(25,26)6)13-14-23-18-24(32)19-27(33)21(23)2/h13-15,20,24,26-27,32-33H,2,8-12,16-19H2,1,3-7H3/t20-,24+,26+,27-,30-/m1/s1. The number of hydrogen-bond acceptors (Lipinski definition) is 4. The summed E-state index contributed by atoms with van der Waals surface area (Å²) in [5.41, 5.74) is 6.34. The number of hydrogen-bond donors (Lipinski definition) is 2. The van der Waals surface area contributed by atoms with E-state index >= 15 is 0 Å². The first-order valence-corrected chi connectivity index (χ1v) is 13.2. The summed E-state index contributed by atoms with van der Waals surface area (Å²) in [6, 6.07) is 0. The van der Waals surface area contributed by atoms with Crippen molar-refractivity contribution in [1.82, 2.24) is 0 Å². The molecule has 3 aliphatic carbocycles. The van der Waals surface area contributed by atoms with Crippen LogP contribution < -0.4 is 0 Å². The quantitative estimate of drug-likeness (QED) is 0.242. The maximum atomic E-state index is 10.2. The van der Waals surface area contributed by atoms with Gasteiger partial charge in [-0.05, 0) is 79.8 Å². The predicted octanol–water partition coefficient (Wildman–Crippen LogP) is 6.90. The molecule has 3 rings (SSSR count). The van der Waals surface area contributed by atoms with Crippen molar-refractivity contribution in [2.45, 2.75) is 105 Å². The van der Waals surface area contributed by atoms with Crippen LogP contribution in [-0.2, 0) is 4.84 Å². The lowest BCUT2D eigenvalue weighted by atomic mass is 9.62. The second-order valence-corrected chi connectivity index (χ2v) is 12.1. The van der Waals surface area contributed by atoms with Crippen molar-refractivity contribution in [3.8, 4) is 0 Å². The fourth-order valence-electron chi connectivity index (χ4n) is 6.48. The number of nitrogens with zero attached hydrogens (tertiary/aromatic N) is 1. The summed E-state index contributed by atoms with van der Waals surface area (Å²) >= 11 is 0. The van der Waals surface area contributed by atoms with Crippen LogP contribution in [0, 0.1) is 22.7 Å². The minimum absolute atomic E-state index is 0.0379. The summed E-state index contributed by atoms with van der Waals surface area (Å²) in [6.07, 6.45) is 14.8. The van der Waals surface area contributed by atoms with Gasteiger partial charge in [0.2, 0.25) is 0 Å². The first-order chi connectivity index (χ1) is 16.0. The zero-order chi connectivity index (χ0) is 25.1. The van der Waals surface area contributed by atoms with Gasteiger partial charge in [-0.2, -0.15) is 0 Å². The monoisotopic (exact) mass is 469 g/mol. The lowest BCUT2D eigenvalue weighted by molar-refractivity contribution is 0.0862. The van der Waals surface area contributed by atoms with E-state index in [2.05, 4.69) is 64.6 Å². The molecule has 0 radical (unpaired) electrons. The first kappa shape index (κ1) is 26.9. The third kappa shape index (κ3) is 5.94.